The number of nitrogens with zero attached hydrogens (tertiary/aromatic N) is 1. The number of benzene rings is 2. The van der Waals surface area contributed by atoms with Crippen LogP contribution in [0.4, 0.5) is 18.9 Å². The molecule has 1 aliphatic rings. The molecule has 1 amide bonds. The lowest BCUT2D eigenvalue weighted by atomic mass is 10.0. The van der Waals surface area contributed by atoms with E-state index in [9.17, 15) is 26.4 Å². The summed E-state index contributed by atoms with van der Waals surface area (Å²) in [4.78, 5) is 12.5. The van der Waals surface area contributed by atoms with Crippen molar-refractivity contribution in [3.05, 3.63) is 54.1 Å². The standard InChI is InChI=1S/C21H23F3N2O4S/c1-15-10-12-26(13-11-15)31(28,29)19-8-2-16(3-9-19)20(27)25-17-4-6-18(7-5-17)30-14-21(22,23)24/h2-9,15H,10-14H2,1H3,(H,25,27). The van der Waals surface area contributed by atoms with E-state index in [0.29, 0.717) is 24.7 Å². The lowest BCUT2D eigenvalue weighted by molar-refractivity contribution is -0.153. The van der Waals surface area contributed by atoms with E-state index in [1.54, 1.807) is 0 Å². The minimum absolute atomic E-state index is 0.0250. The number of hydrogen-bond donors (Lipinski definition) is 1. The maximum absolute atomic E-state index is 12.8. The smallest absolute Gasteiger partial charge is 0.422 e. The Morgan fingerprint density at radius 2 is 1.65 bits per heavy atom. The third-order valence-electron chi connectivity index (χ3n) is 5.01. The van der Waals surface area contributed by atoms with Crippen LogP contribution in [0.2, 0.25) is 0 Å². The summed E-state index contributed by atoms with van der Waals surface area (Å²) in [5, 5.41) is 2.61. The first-order valence-corrected chi connectivity index (χ1v) is 11.2. The highest BCUT2D eigenvalue weighted by Crippen LogP contribution is 2.24. The van der Waals surface area contributed by atoms with Crippen LogP contribution < -0.4 is 10.1 Å². The second-order valence-corrected chi connectivity index (χ2v) is 9.43. The third-order valence-corrected chi connectivity index (χ3v) is 6.92. The number of hydrogen-bond acceptors (Lipinski definition) is 4. The highest BCUT2D eigenvalue weighted by Gasteiger charge is 2.29. The van der Waals surface area contributed by atoms with Crippen molar-refractivity contribution in [2.24, 2.45) is 5.92 Å². The van der Waals surface area contributed by atoms with Crippen molar-refractivity contribution in [2.75, 3.05) is 25.0 Å². The number of carbonyl (C=O) groups excluding carboxylic acids is 1. The Hall–Kier alpha value is -2.59. The summed E-state index contributed by atoms with van der Waals surface area (Å²) in [5.74, 6) is 0.0551. The molecule has 0 aliphatic carbocycles. The van der Waals surface area contributed by atoms with Gasteiger partial charge in [0, 0.05) is 24.3 Å². The van der Waals surface area contributed by atoms with Gasteiger partial charge in [-0.05, 0) is 67.3 Å². The molecule has 2 aromatic carbocycles. The van der Waals surface area contributed by atoms with Crippen molar-refractivity contribution in [3.63, 3.8) is 0 Å². The van der Waals surface area contributed by atoms with Gasteiger partial charge in [0.05, 0.1) is 4.90 Å². The third kappa shape index (κ3) is 6.20. The van der Waals surface area contributed by atoms with Crippen molar-refractivity contribution in [3.8, 4) is 5.75 Å². The van der Waals surface area contributed by atoms with E-state index in [1.807, 2.05) is 0 Å². The molecule has 0 radical (unpaired) electrons. The van der Waals surface area contributed by atoms with Crippen LogP contribution in [0.25, 0.3) is 0 Å². The number of carbonyl (C=O) groups is 1. The first-order chi connectivity index (χ1) is 14.5. The zero-order chi connectivity index (χ0) is 22.6. The Kier molecular flexibility index (Phi) is 6.90. The predicted octanol–water partition coefficient (Wildman–Crippen LogP) is 4.30. The summed E-state index contributed by atoms with van der Waals surface area (Å²) < 4.78 is 68.1. The molecular formula is C21H23F3N2O4S. The van der Waals surface area contributed by atoms with E-state index in [1.165, 1.54) is 52.8 Å². The van der Waals surface area contributed by atoms with Gasteiger partial charge in [-0.2, -0.15) is 17.5 Å². The van der Waals surface area contributed by atoms with E-state index in [2.05, 4.69) is 17.0 Å². The Labute approximate surface area is 179 Å². The van der Waals surface area contributed by atoms with E-state index in [-0.39, 0.29) is 16.2 Å². The number of sulfonamides is 1. The van der Waals surface area contributed by atoms with Crippen molar-refractivity contribution in [1.29, 1.82) is 0 Å². The fourth-order valence-electron chi connectivity index (χ4n) is 3.16. The SMILES string of the molecule is CC1CCN(S(=O)(=O)c2ccc(C(=O)Nc3ccc(OCC(F)(F)F)cc3)cc2)CC1. The van der Waals surface area contributed by atoms with Crippen LogP contribution in [0.15, 0.2) is 53.4 Å². The molecule has 0 unspecified atom stereocenters. The number of anilines is 1. The summed E-state index contributed by atoms with van der Waals surface area (Å²) in [6.45, 7) is 1.66. The molecule has 10 heteroatoms. The van der Waals surface area contributed by atoms with Crippen LogP contribution in [0.3, 0.4) is 0 Å². The average Bonchev–Trinajstić information content (AvgIpc) is 2.73. The lowest BCUT2D eigenvalue weighted by Crippen LogP contribution is -2.37. The molecule has 0 aromatic heterocycles. The number of rotatable bonds is 6. The molecule has 0 bridgehead atoms. The first-order valence-electron chi connectivity index (χ1n) is 9.76. The number of amides is 1. The predicted molar refractivity (Wildman–Crippen MR) is 110 cm³/mol. The Morgan fingerprint density at radius 1 is 1.06 bits per heavy atom. The summed E-state index contributed by atoms with van der Waals surface area (Å²) in [7, 11) is -3.60. The minimum Gasteiger partial charge on any atom is -0.484 e. The van der Waals surface area contributed by atoms with Crippen molar-refractivity contribution in [1.82, 2.24) is 4.31 Å². The van der Waals surface area contributed by atoms with Crippen LogP contribution in [0.5, 0.6) is 5.75 Å². The van der Waals surface area contributed by atoms with Crippen LogP contribution in [-0.2, 0) is 10.0 Å². The van der Waals surface area contributed by atoms with Crippen LogP contribution in [-0.4, -0.2) is 44.5 Å². The molecule has 1 saturated heterocycles. The Morgan fingerprint density at radius 3 is 2.19 bits per heavy atom. The number of piperidine rings is 1. The quantitative estimate of drug-likeness (QED) is 0.703. The number of alkyl halides is 3. The monoisotopic (exact) mass is 456 g/mol. The largest absolute Gasteiger partial charge is 0.484 e. The summed E-state index contributed by atoms with van der Waals surface area (Å²) in [6, 6.07) is 11.1. The van der Waals surface area contributed by atoms with Gasteiger partial charge in [0.25, 0.3) is 5.91 Å². The number of ether oxygens (including phenoxy) is 1. The molecule has 3 rings (SSSR count). The zero-order valence-electron chi connectivity index (χ0n) is 16.9. The maximum Gasteiger partial charge on any atom is 0.422 e. The molecule has 0 atom stereocenters. The van der Waals surface area contributed by atoms with Gasteiger partial charge in [-0.3, -0.25) is 4.79 Å². The topological polar surface area (TPSA) is 75.7 Å². The molecule has 1 heterocycles. The molecule has 1 fully saturated rings. The highest BCUT2D eigenvalue weighted by atomic mass is 32.2. The van der Waals surface area contributed by atoms with Gasteiger partial charge >= 0.3 is 6.18 Å². The molecule has 0 spiro atoms. The van der Waals surface area contributed by atoms with Crippen LogP contribution in [0.1, 0.15) is 30.1 Å². The Bertz CT molecular complexity index is 998. The van der Waals surface area contributed by atoms with Gasteiger partial charge in [0.1, 0.15) is 5.75 Å². The van der Waals surface area contributed by atoms with Gasteiger partial charge in [-0.25, -0.2) is 8.42 Å². The molecule has 1 aliphatic heterocycles. The van der Waals surface area contributed by atoms with Gasteiger partial charge < -0.3 is 10.1 Å². The second-order valence-electron chi connectivity index (χ2n) is 7.49. The summed E-state index contributed by atoms with van der Waals surface area (Å²) >= 11 is 0. The zero-order valence-corrected chi connectivity index (χ0v) is 17.7. The molecule has 2 aromatic rings. The normalized spacial score (nSPS) is 16.1. The average molecular weight is 456 g/mol. The van der Waals surface area contributed by atoms with E-state index in [0.717, 1.165) is 12.8 Å². The molecule has 168 valence electrons. The van der Waals surface area contributed by atoms with Crippen molar-refractivity contribution in [2.45, 2.75) is 30.8 Å². The summed E-state index contributed by atoms with van der Waals surface area (Å²) in [5.41, 5.74) is 0.618. The highest BCUT2D eigenvalue weighted by molar-refractivity contribution is 7.89. The van der Waals surface area contributed by atoms with E-state index < -0.39 is 28.7 Å². The molecule has 1 N–H and O–H groups in total. The second kappa shape index (κ2) is 9.27. The molecule has 31 heavy (non-hydrogen) atoms. The summed E-state index contributed by atoms with van der Waals surface area (Å²) in [6.07, 6.45) is -2.79. The van der Waals surface area contributed by atoms with Gasteiger partial charge in [0.2, 0.25) is 10.0 Å². The minimum atomic E-state index is -4.43. The maximum atomic E-state index is 12.8. The van der Waals surface area contributed by atoms with Gasteiger partial charge in [-0.1, -0.05) is 6.92 Å². The number of nitrogens with one attached hydrogen (secondary N) is 1. The van der Waals surface area contributed by atoms with Crippen LogP contribution >= 0.6 is 0 Å². The van der Waals surface area contributed by atoms with Crippen LogP contribution in [0, 0.1) is 5.92 Å². The fourth-order valence-corrected chi connectivity index (χ4v) is 4.63. The van der Waals surface area contributed by atoms with Crippen molar-refractivity contribution < 1.29 is 31.1 Å². The fraction of sp³-hybridized carbons (Fsp3) is 0.381. The molecule has 0 saturated carbocycles. The van der Waals surface area contributed by atoms with E-state index >= 15 is 0 Å². The molecular weight excluding hydrogens is 433 g/mol. The Balaban J connectivity index is 1.61. The van der Waals surface area contributed by atoms with E-state index in [4.69, 9.17) is 0 Å². The number of halogens is 3. The van der Waals surface area contributed by atoms with Gasteiger partial charge in [-0.15, -0.1) is 0 Å². The molecule has 6 nitrogen and oxygen atoms in total. The van der Waals surface area contributed by atoms with Gasteiger partial charge in [0.15, 0.2) is 6.61 Å². The lowest BCUT2D eigenvalue weighted by Gasteiger charge is -2.29. The van der Waals surface area contributed by atoms with Crippen molar-refractivity contribution >= 4 is 21.6 Å². The first kappa shape index (κ1) is 23.1.